The van der Waals surface area contributed by atoms with E-state index in [1.807, 2.05) is 0 Å². The van der Waals surface area contributed by atoms with Crippen LogP contribution >= 0.6 is 0 Å². The zero-order valence-electron chi connectivity index (χ0n) is 12.3. The zero-order chi connectivity index (χ0) is 16.0. The number of rotatable bonds is 8. The average molecular weight is 299 g/mol. The maximum atomic E-state index is 12.0. The number of aromatic amines is 1. The molecular formula is C13H21N3O5. The molecule has 0 radical (unpaired) electrons. The molecule has 0 aliphatic rings. The second kappa shape index (κ2) is 7.87. The summed E-state index contributed by atoms with van der Waals surface area (Å²) in [5, 5.41) is 12.2. The van der Waals surface area contributed by atoms with Gasteiger partial charge in [0.1, 0.15) is 12.4 Å². The Morgan fingerprint density at radius 2 is 2.19 bits per heavy atom. The van der Waals surface area contributed by atoms with Gasteiger partial charge in [0.25, 0.3) is 5.56 Å². The molecule has 1 unspecified atom stereocenters. The number of nitrogens with one attached hydrogen (secondary N) is 2. The summed E-state index contributed by atoms with van der Waals surface area (Å²) in [6.45, 7) is 3.02. The fraction of sp³-hybridized carbons (Fsp3) is 0.615. The van der Waals surface area contributed by atoms with E-state index in [2.05, 4.69) is 10.3 Å². The average Bonchev–Trinajstić information content (AvgIpc) is 2.48. The number of carbonyl (C=O) groups is 1. The number of aldehydes is 1. The van der Waals surface area contributed by atoms with Gasteiger partial charge in [-0.2, -0.15) is 0 Å². The third-order valence-electron chi connectivity index (χ3n) is 3.20. The number of H-pyrrole nitrogens is 1. The minimum absolute atomic E-state index is 0.304. The third-order valence-corrected chi connectivity index (χ3v) is 3.20. The number of hydrogen-bond acceptors (Lipinski definition) is 6. The molecular weight excluding hydrogens is 278 g/mol. The number of hydrogen-bond donors (Lipinski definition) is 3. The Balaban J connectivity index is 3.29. The van der Waals surface area contributed by atoms with Crippen molar-refractivity contribution in [3.05, 3.63) is 32.6 Å². The Kier molecular flexibility index (Phi) is 6.47. The Bertz CT molecular complexity index is 576. The van der Waals surface area contributed by atoms with Crippen molar-refractivity contribution in [1.82, 2.24) is 14.9 Å². The van der Waals surface area contributed by atoms with Crippen molar-refractivity contribution in [2.75, 3.05) is 13.7 Å². The van der Waals surface area contributed by atoms with Gasteiger partial charge in [-0.15, -0.1) is 0 Å². The summed E-state index contributed by atoms with van der Waals surface area (Å²) in [5.74, 6) is 0. The van der Waals surface area contributed by atoms with Gasteiger partial charge in [0.15, 0.2) is 6.23 Å². The molecule has 0 aliphatic carbocycles. The van der Waals surface area contributed by atoms with Gasteiger partial charge in [-0.25, -0.2) is 4.79 Å². The van der Waals surface area contributed by atoms with E-state index in [0.717, 1.165) is 0 Å². The van der Waals surface area contributed by atoms with Crippen molar-refractivity contribution >= 4 is 6.29 Å². The first-order chi connectivity index (χ1) is 9.98. The normalized spacial score (nSPS) is 15.4. The van der Waals surface area contributed by atoms with Gasteiger partial charge < -0.3 is 20.0 Å². The predicted molar refractivity (Wildman–Crippen MR) is 76.3 cm³/mol. The van der Waals surface area contributed by atoms with E-state index < -0.39 is 29.6 Å². The number of aryl methyl sites for hydroxylation is 1. The predicted octanol–water partition coefficient (Wildman–Crippen LogP) is -1.08. The zero-order valence-corrected chi connectivity index (χ0v) is 12.3. The second-order valence-electron chi connectivity index (χ2n) is 4.67. The minimum Gasteiger partial charge on any atom is -0.395 e. The summed E-state index contributed by atoms with van der Waals surface area (Å²) in [4.78, 5) is 36.5. The van der Waals surface area contributed by atoms with Gasteiger partial charge in [-0.05, 0) is 20.4 Å². The smallest absolute Gasteiger partial charge is 0.330 e. The highest BCUT2D eigenvalue weighted by Gasteiger charge is 2.26. The lowest BCUT2D eigenvalue weighted by molar-refractivity contribution is -0.131. The van der Waals surface area contributed by atoms with Crippen molar-refractivity contribution in [1.29, 1.82) is 0 Å². The monoisotopic (exact) mass is 299 g/mol. The number of aliphatic hydroxyl groups is 1. The highest BCUT2D eigenvalue weighted by molar-refractivity contribution is 5.55. The van der Waals surface area contributed by atoms with Gasteiger partial charge in [-0.3, -0.25) is 14.3 Å². The lowest BCUT2D eigenvalue weighted by atomic mass is 10.2. The van der Waals surface area contributed by atoms with Gasteiger partial charge in [-0.1, -0.05) is 6.92 Å². The maximum absolute atomic E-state index is 12.0. The van der Waals surface area contributed by atoms with Crippen LogP contribution in [0.1, 0.15) is 25.1 Å². The first-order valence-corrected chi connectivity index (χ1v) is 6.69. The van der Waals surface area contributed by atoms with E-state index in [1.54, 1.807) is 20.9 Å². The number of ether oxygens (including phenoxy) is 1. The maximum Gasteiger partial charge on any atom is 0.330 e. The highest BCUT2D eigenvalue weighted by atomic mass is 16.5. The molecule has 0 bridgehead atoms. The molecule has 3 atom stereocenters. The fourth-order valence-electron chi connectivity index (χ4n) is 1.86. The molecule has 8 nitrogen and oxygen atoms in total. The van der Waals surface area contributed by atoms with E-state index in [-0.39, 0.29) is 6.61 Å². The second-order valence-corrected chi connectivity index (χ2v) is 4.67. The highest BCUT2D eigenvalue weighted by Crippen LogP contribution is 2.15. The van der Waals surface area contributed by atoms with Crippen molar-refractivity contribution in [2.45, 2.75) is 38.6 Å². The molecule has 21 heavy (non-hydrogen) atoms. The fourth-order valence-corrected chi connectivity index (χ4v) is 1.86. The van der Waals surface area contributed by atoms with Crippen molar-refractivity contribution in [2.24, 2.45) is 0 Å². The molecule has 118 valence electrons. The van der Waals surface area contributed by atoms with Crippen LogP contribution in [0.25, 0.3) is 0 Å². The molecule has 0 aromatic carbocycles. The summed E-state index contributed by atoms with van der Waals surface area (Å²) in [5.41, 5.74) is -0.817. The standard InChI is InChI=1S/C13H21N3O5/c1-4-9(6-17)21-12(10(7-18)14-3)16-5-8(2)11(19)15-13(16)20/h5-6,9-10,12,14,18H,4,7H2,1-3H3,(H,15,19,20)/t9?,10-,12+/m0/s1. The van der Waals surface area contributed by atoms with Crippen LogP contribution < -0.4 is 16.6 Å². The molecule has 1 rings (SSSR count). The molecule has 8 heteroatoms. The van der Waals surface area contributed by atoms with E-state index in [0.29, 0.717) is 18.3 Å². The van der Waals surface area contributed by atoms with Crippen LogP contribution in [-0.4, -0.2) is 46.7 Å². The minimum atomic E-state index is -0.918. The number of aliphatic hydroxyl groups excluding tert-OH is 1. The van der Waals surface area contributed by atoms with E-state index in [1.165, 1.54) is 10.8 Å². The summed E-state index contributed by atoms with van der Waals surface area (Å²) < 4.78 is 6.77. The molecule has 3 N–H and O–H groups in total. The molecule has 1 heterocycles. The number of nitrogens with zero attached hydrogens (tertiary/aromatic N) is 1. The summed E-state index contributed by atoms with van der Waals surface area (Å²) in [6.07, 6.45) is 0.790. The largest absolute Gasteiger partial charge is 0.395 e. The Hall–Kier alpha value is -1.77. The SMILES string of the molecule is CCC(C=O)O[C@H]([C@H](CO)NC)n1cc(C)c(=O)[nH]c1=O. The molecule has 1 aromatic rings. The first kappa shape index (κ1) is 17.3. The van der Waals surface area contributed by atoms with E-state index in [9.17, 15) is 19.5 Å². The molecule has 0 fully saturated rings. The summed E-state index contributed by atoms with van der Waals surface area (Å²) >= 11 is 0. The van der Waals surface area contributed by atoms with Crippen LogP contribution in [0.2, 0.25) is 0 Å². The van der Waals surface area contributed by atoms with Crippen molar-refractivity contribution < 1.29 is 14.6 Å². The van der Waals surface area contributed by atoms with Crippen LogP contribution in [0, 0.1) is 6.92 Å². The van der Waals surface area contributed by atoms with Gasteiger partial charge >= 0.3 is 5.69 Å². The third kappa shape index (κ3) is 4.10. The van der Waals surface area contributed by atoms with E-state index >= 15 is 0 Å². The topological polar surface area (TPSA) is 113 Å². The van der Waals surface area contributed by atoms with Gasteiger partial charge in [0, 0.05) is 11.8 Å². The van der Waals surface area contributed by atoms with Gasteiger partial charge in [0.2, 0.25) is 0 Å². The van der Waals surface area contributed by atoms with Crippen LogP contribution in [0.5, 0.6) is 0 Å². The molecule has 0 amide bonds. The summed E-state index contributed by atoms with van der Waals surface area (Å²) in [7, 11) is 1.60. The van der Waals surface area contributed by atoms with Gasteiger partial charge in [0.05, 0.1) is 12.6 Å². The van der Waals surface area contributed by atoms with E-state index in [4.69, 9.17) is 4.74 Å². The first-order valence-electron chi connectivity index (χ1n) is 6.69. The number of aromatic nitrogens is 2. The summed E-state index contributed by atoms with van der Waals surface area (Å²) in [6, 6.07) is -0.609. The van der Waals surface area contributed by atoms with Crippen LogP contribution in [0.3, 0.4) is 0 Å². The lowest BCUT2D eigenvalue weighted by Gasteiger charge is -2.29. The lowest BCUT2D eigenvalue weighted by Crippen LogP contribution is -2.46. The quantitative estimate of drug-likeness (QED) is 0.526. The Morgan fingerprint density at radius 1 is 1.52 bits per heavy atom. The molecule has 0 saturated carbocycles. The molecule has 0 spiro atoms. The van der Waals surface area contributed by atoms with Crippen molar-refractivity contribution in [3.8, 4) is 0 Å². The number of likely N-dealkylation sites (N-methyl/N-ethyl adjacent to an activating group) is 1. The number of carbonyl (C=O) groups excluding carboxylic acids is 1. The van der Waals surface area contributed by atoms with Crippen molar-refractivity contribution in [3.63, 3.8) is 0 Å². The molecule has 0 saturated heterocycles. The van der Waals surface area contributed by atoms with Crippen LogP contribution in [-0.2, 0) is 9.53 Å². The Morgan fingerprint density at radius 3 is 2.67 bits per heavy atom. The molecule has 0 aliphatic heterocycles. The van der Waals surface area contributed by atoms with Crippen LogP contribution in [0.15, 0.2) is 15.8 Å². The molecule has 1 aromatic heterocycles. The van der Waals surface area contributed by atoms with Crippen LogP contribution in [0.4, 0.5) is 0 Å². The Labute approximate surface area is 121 Å².